The number of benzene rings is 1. The molecule has 1 aromatic rings. The highest BCUT2D eigenvalue weighted by Gasteiger charge is 2.65. The fraction of sp³-hybridized carbons (Fsp3) is 0.526. The van der Waals surface area contributed by atoms with Gasteiger partial charge in [0.1, 0.15) is 5.78 Å². The molecule has 0 heterocycles. The summed E-state index contributed by atoms with van der Waals surface area (Å²) in [6.45, 7) is 8.02. The largest absolute Gasteiger partial charge is 0.299 e. The number of fused-ring (bicyclic) bond motifs is 2. The number of para-hydroxylation sites is 1. The predicted molar refractivity (Wildman–Crippen MR) is 96.3 cm³/mol. The normalized spacial score (nSPS) is 28.1. The number of carbonyl (C=O) groups is 1. The molecule has 2 aliphatic rings. The van der Waals surface area contributed by atoms with Gasteiger partial charge in [-0.3, -0.25) is 9.10 Å². The summed E-state index contributed by atoms with van der Waals surface area (Å²) in [7, 11) is -3.63. The molecule has 24 heavy (non-hydrogen) atoms. The Labute approximate surface area is 144 Å². The van der Waals surface area contributed by atoms with Crippen molar-refractivity contribution in [3.63, 3.8) is 0 Å². The lowest BCUT2D eigenvalue weighted by Crippen LogP contribution is -2.46. The van der Waals surface area contributed by atoms with Crippen molar-refractivity contribution in [2.75, 3.05) is 16.6 Å². The van der Waals surface area contributed by atoms with Crippen molar-refractivity contribution in [1.29, 1.82) is 0 Å². The van der Waals surface area contributed by atoms with Crippen LogP contribution in [0.25, 0.3) is 0 Å². The van der Waals surface area contributed by atoms with Crippen LogP contribution in [0.3, 0.4) is 0 Å². The maximum absolute atomic E-state index is 13.2. The van der Waals surface area contributed by atoms with Gasteiger partial charge in [-0.25, -0.2) is 8.42 Å². The van der Waals surface area contributed by atoms with Gasteiger partial charge < -0.3 is 0 Å². The summed E-state index contributed by atoms with van der Waals surface area (Å²) in [4.78, 5) is 12.7. The first-order chi connectivity index (χ1) is 11.2. The zero-order valence-corrected chi connectivity index (χ0v) is 15.2. The number of nitrogens with zero attached hydrogens (tertiary/aromatic N) is 1. The SMILES string of the molecule is C=CCN(c1ccccc1)S(=O)(=O)CC12CCC(CC1=O)C2(C)C. The van der Waals surface area contributed by atoms with E-state index in [1.165, 1.54) is 4.31 Å². The Morgan fingerprint density at radius 3 is 2.46 bits per heavy atom. The van der Waals surface area contributed by atoms with Crippen LogP contribution in [-0.4, -0.2) is 26.5 Å². The van der Waals surface area contributed by atoms with Gasteiger partial charge in [-0.05, 0) is 36.3 Å². The first-order valence-corrected chi connectivity index (χ1v) is 10.1. The molecule has 0 spiro atoms. The van der Waals surface area contributed by atoms with Crippen molar-refractivity contribution < 1.29 is 13.2 Å². The summed E-state index contributed by atoms with van der Waals surface area (Å²) in [6, 6.07) is 9.03. The summed E-state index contributed by atoms with van der Waals surface area (Å²) >= 11 is 0. The standard InChI is InChI=1S/C19H25NO3S/c1-4-12-20(16-8-6-5-7-9-16)24(22,23)14-19-11-10-15(13-17(19)21)18(19,2)3/h4-9,15H,1,10-14H2,2-3H3. The molecule has 0 N–H and O–H groups in total. The van der Waals surface area contributed by atoms with Crippen LogP contribution in [0.4, 0.5) is 5.69 Å². The van der Waals surface area contributed by atoms with Crippen molar-refractivity contribution >= 4 is 21.5 Å². The van der Waals surface area contributed by atoms with Gasteiger partial charge in [0, 0.05) is 6.42 Å². The lowest BCUT2D eigenvalue weighted by molar-refractivity contribution is -0.128. The molecule has 0 amide bonds. The van der Waals surface area contributed by atoms with Crippen LogP contribution in [0.2, 0.25) is 0 Å². The molecule has 130 valence electrons. The molecule has 3 rings (SSSR count). The molecule has 2 bridgehead atoms. The van der Waals surface area contributed by atoms with Gasteiger partial charge >= 0.3 is 0 Å². The second-order valence-electron chi connectivity index (χ2n) is 7.58. The highest BCUT2D eigenvalue weighted by molar-refractivity contribution is 7.92. The van der Waals surface area contributed by atoms with Crippen molar-refractivity contribution in [2.45, 2.75) is 33.1 Å². The molecule has 5 heteroatoms. The molecule has 2 aliphatic carbocycles. The number of Topliss-reactive ketones (excluding diaryl/α,β-unsaturated/α-hetero) is 1. The van der Waals surface area contributed by atoms with Crippen molar-refractivity contribution in [1.82, 2.24) is 0 Å². The van der Waals surface area contributed by atoms with E-state index < -0.39 is 15.4 Å². The maximum atomic E-state index is 13.2. The number of ketones is 1. The molecule has 1 aromatic carbocycles. The Bertz CT molecular complexity index is 754. The number of carbonyl (C=O) groups excluding carboxylic acids is 1. The van der Waals surface area contributed by atoms with E-state index in [0.717, 1.165) is 6.42 Å². The Balaban J connectivity index is 1.98. The number of rotatable bonds is 6. The third kappa shape index (κ3) is 2.41. The summed E-state index contributed by atoms with van der Waals surface area (Å²) in [5, 5.41) is 0. The average molecular weight is 347 g/mol. The van der Waals surface area contributed by atoms with E-state index in [1.807, 2.05) is 18.2 Å². The van der Waals surface area contributed by atoms with E-state index in [0.29, 0.717) is 24.4 Å². The fourth-order valence-corrected chi connectivity index (χ4v) is 6.82. The van der Waals surface area contributed by atoms with E-state index in [1.54, 1.807) is 18.2 Å². The van der Waals surface area contributed by atoms with Gasteiger partial charge in [0.05, 0.1) is 23.4 Å². The molecule has 4 nitrogen and oxygen atoms in total. The molecule has 2 fully saturated rings. The number of hydrogen-bond donors (Lipinski definition) is 0. The summed E-state index contributed by atoms with van der Waals surface area (Å²) in [5.41, 5.74) is -0.384. The van der Waals surface area contributed by atoms with E-state index >= 15 is 0 Å². The van der Waals surface area contributed by atoms with Gasteiger partial charge in [0.15, 0.2) is 0 Å². The third-order valence-corrected chi connectivity index (χ3v) is 8.13. The van der Waals surface area contributed by atoms with E-state index in [2.05, 4.69) is 20.4 Å². The predicted octanol–water partition coefficient (Wildman–Crippen LogP) is 3.40. The molecule has 2 unspecified atom stereocenters. The highest BCUT2D eigenvalue weighted by atomic mass is 32.2. The number of anilines is 1. The van der Waals surface area contributed by atoms with Crippen molar-refractivity contribution in [2.24, 2.45) is 16.7 Å². The van der Waals surface area contributed by atoms with Gasteiger partial charge in [0.2, 0.25) is 10.0 Å². The fourth-order valence-electron chi connectivity index (χ4n) is 4.59. The van der Waals surface area contributed by atoms with Crippen molar-refractivity contribution in [3.05, 3.63) is 43.0 Å². The molecule has 0 aliphatic heterocycles. The second kappa shape index (κ2) is 5.73. The minimum Gasteiger partial charge on any atom is -0.299 e. The monoisotopic (exact) mass is 347 g/mol. The third-order valence-electron chi connectivity index (χ3n) is 6.24. The van der Waals surface area contributed by atoms with Crippen LogP contribution in [0.5, 0.6) is 0 Å². The molecule has 0 radical (unpaired) electrons. The summed E-state index contributed by atoms with van der Waals surface area (Å²) < 4.78 is 27.8. The maximum Gasteiger partial charge on any atom is 0.236 e. The lowest BCUT2D eigenvalue weighted by Gasteiger charge is -2.38. The smallest absolute Gasteiger partial charge is 0.236 e. The summed E-state index contributed by atoms with van der Waals surface area (Å²) in [6.07, 6.45) is 3.73. The molecular formula is C19H25NO3S. The summed E-state index contributed by atoms with van der Waals surface area (Å²) in [5.74, 6) is 0.328. The Morgan fingerprint density at radius 1 is 1.29 bits per heavy atom. The molecule has 0 saturated heterocycles. The zero-order valence-electron chi connectivity index (χ0n) is 14.4. The van der Waals surface area contributed by atoms with Crippen LogP contribution in [0, 0.1) is 16.7 Å². The van der Waals surface area contributed by atoms with E-state index in [-0.39, 0.29) is 23.5 Å². The van der Waals surface area contributed by atoms with E-state index in [9.17, 15) is 13.2 Å². The van der Waals surface area contributed by atoms with Crippen LogP contribution in [0.1, 0.15) is 33.1 Å². The van der Waals surface area contributed by atoms with Gasteiger partial charge in [-0.15, -0.1) is 6.58 Å². The first kappa shape index (κ1) is 17.2. The van der Waals surface area contributed by atoms with Crippen LogP contribution < -0.4 is 4.31 Å². The molecule has 0 aromatic heterocycles. The van der Waals surface area contributed by atoms with Gasteiger partial charge in [0.25, 0.3) is 0 Å². The van der Waals surface area contributed by atoms with Gasteiger partial charge in [-0.1, -0.05) is 38.1 Å². The molecular weight excluding hydrogens is 322 g/mol. The van der Waals surface area contributed by atoms with Crippen LogP contribution in [0.15, 0.2) is 43.0 Å². The Kier molecular flexibility index (Phi) is 4.11. The van der Waals surface area contributed by atoms with Crippen LogP contribution in [-0.2, 0) is 14.8 Å². The quantitative estimate of drug-likeness (QED) is 0.741. The van der Waals surface area contributed by atoms with E-state index in [4.69, 9.17) is 0 Å². The first-order valence-electron chi connectivity index (χ1n) is 8.44. The van der Waals surface area contributed by atoms with Crippen molar-refractivity contribution in [3.8, 4) is 0 Å². The lowest BCUT2D eigenvalue weighted by atomic mass is 9.70. The zero-order chi connectivity index (χ0) is 17.6. The number of hydrogen-bond acceptors (Lipinski definition) is 3. The number of sulfonamides is 1. The highest BCUT2D eigenvalue weighted by Crippen LogP contribution is 2.64. The topological polar surface area (TPSA) is 54.5 Å². The van der Waals surface area contributed by atoms with Crippen LogP contribution >= 0.6 is 0 Å². The molecule has 2 atom stereocenters. The Hall–Kier alpha value is -1.62. The minimum absolute atomic E-state index is 0.106. The Morgan fingerprint density at radius 2 is 1.96 bits per heavy atom. The minimum atomic E-state index is -3.63. The average Bonchev–Trinajstić information content (AvgIpc) is 2.87. The second-order valence-corrected chi connectivity index (χ2v) is 9.47. The van der Waals surface area contributed by atoms with Gasteiger partial charge in [-0.2, -0.15) is 0 Å². The molecule has 2 saturated carbocycles.